The van der Waals surface area contributed by atoms with Gasteiger partial charge in [-0.15, -0.1) is 0 Å². The second-order valence-electron chi connectivity index (χ2n) is 4.51. The van der Waals surface area contributed by atoms with Crippen LogP contribution >= 0.6 is 0 Å². The summed E-state index contributed by atoms with van der Waals surface area (Å²) in [6.07, 6.45) is 0. The van der Waals surface area contributed by atoms with Crippen LogP contribution < -0.4 is 5.73 Å². The molecule has 1 nitrogen and oxygen atoms in total. The average Bonchev–Trinajstić information content (AvgIpc) is 2.30. The molecule has 0 aliphatic carbocycles. The maximum atomic E-state index is 12.9. The Bertz CT molecular complexity index is 515. The molecule has 2 N–H and O–H groups in total. The fraction of sp³-hybridized carbons (Fsp3) is 0.200. The minimum Gasteiger partial charge on any atom is -0.398 e. The van der Waals surface area contributed by atoms with E-state index in [9.17, 15) is 4.39 Å². The van der Waals surface area contributed by atoms with Crippen LogP contribution in [0.4, 0.5) is 10.1 Å². The van der Waals surface area contributed by atoms with Crippen LogP contribution in [0, 0.1) is 5.82 Å². The highest BCUT2D eigenvalue weighted by atomic mass is 19.1. The number of nitrogens with two attached hydrogens (primary N) is 1. The maximum absolute atomic E-state index is 12.9. The van der Waals surface area contributed by atoms with Crippen molar-refractivity contribution in [1.29, 1.82) is 0 Å². The van der Waals surface area contributed by atoms with Crippen molar-refractivity contribution in [2.45, 2.75) is 19.8 Å². The van der Waals surface area contributed by atoms with Gasteiger partial charge in [0, 0.05) is 5.69 Å². The summed E-state index contributed by atoms with van der Waals surface area (Å²) in [5.41, 5.74) is 9.95. The zero-order valence-corrected chi connectivity index (χ0v) is 10.1. The van der Waals surface area contributed by atoms with Gasteiger partial charge in [-0.25, -0.2) is 4.39 Å². The lowest BCUT2D eigenvalue weighted by atomic mass is 9.96. The zero-order chi connectivity index (χ0) is 12.4. The summed E-state index contributed by atoms with van der Waals surface area (Å²) in [7, 11) is 0. The summed E-state index contributed by atoms with van der Waals surface area (Å²) in [5, 5.41) is 0. The Hall–Kier alpha value is -1.83. The van der Waals surface area contributed by atoms with Crippen LogP contribution in [-0.4, -0.2) is 0 Å². The lowest BCUT2D eigenvalue weighted by Gasteiger charge is -2.11. The highest BCUT2D eigenvalue weighted by Crippen LogP contribution is 2.28. The number of anilines is 1. The Morgan fingerprint density at radius 1 is 0.941 bits per heavy atom. The van der Waals surface area contributed by atoms with Crippen LogP contribution in [0.2, 0.25) is 0 Å². The summed E-state index contributed by atoms with van der Waals surface area (Å²) < 4.78 is 12.9. The quantitative estimate of drug-likeness (QED) is 0.767. The van der Waals surface area contributed by atoms with Gasteiger partial charge in [0.05, 0.1) is 0 Å². The van der Waals surface area contributed by atoms with Gasteiger partial charge in [-0.3, -0.25) is 0 Å². The summed E-state index contributed by atoms with van der Waals surface area (Å²) in [5.74, 6) is 0.170. The molecule has 0 bridgehead atoms. The molecule has 88 valence electrons. The molecule has 0 atom stereocenters. The van der Waals surface area contributed by atoms with E-state index in [0.29, 0.717) is 5.92 Å². The molecule has 17 heavy (non-hydrogen) atoms. The van der Waals surface area contributed by atoms with Gasteiger partial charge in [-0.1, -0.05) is 32.0 Å². The second-order valence-corrected chi connectivity index (χ2v) is 4.51. The van der Waals surface area contributed by atoms with Gasteiger partial charge in [0.2, 0.25) is 0 Å². The Balaban J connectivity index is 2.46. The van der Waals surface area contributed by atoms with E-state index >= 15 is 0 Å². The lowest BCUT2D eigenvalue weighted by Crippen LogP contribution is -1.96. The predicted octanol–water partition coefficient (Wildman–Crippen LogP) is 4.20. The second kappa shape index (κ2) is 4.58. The molecule has 0 aromatic heterocycles. The molecular formula is C15H16FN. The van der Waals surface area contributed by atoms with Gasteiger partial charge in [-0.2, -0.15) is 0 Å². The van der Waals surface area contributed by atoms with Crippen molar-refractivity contribution in [3.63, 3.8) is 0 Å². The zero-order valence-electron chi connectivity index (χ0n) is 10.1. The third kappa shape index (κ3) is 2.47. The van der Waals surface area contributed by atoms with E-state index in [1.165, 1.54) is 12.1 Å². The standard InChI is InChI=1S/C15H16FN/c1-10(2)14-9-12(5-8-15(14)17)11-3-6-13(16)7-4-11/h3-10H,17H2,1-2H3. The first kappa shape index (κ1) is 11.6. The highest BCUT2D eigenvalue weighted by molar-refractivity contribution is 5.68. The van der Waals surface area contributed by atoms with Crippen molar-refractivity contribution in [1.82, 2.24) is 0 Å². The van der Waals surface area contributed by atoms with E-state index < -0.39 is 0 Å². The lowest BCUT2D eigenvalue weighted by molar-refractivity contribution is 0.628. The SMILES string of the molecule is CC(C)c1cc(-c2ccc(F)cc2)ccc1N. The predicted molar refractivity (Wildman–Crippen MR) is 70.3 cm³/mol. The molecule has 0 saturated carbocycles. The Morgan fingerprint density at radius 2 is 1.53 bits per heavy atom. The van der Waals surface area contributed by atoms with Crippen LogP contribution in [0.25, 0.3) is 11.1 Å². The van der Waals surface area contributed by atoms with Gasteiger partial charge in [0.25, 0.3) is 0 Å². The minimum atomic E-state index is -0.215. The number of rotatable bonds is 2. The third-order valence-electron chi connectivity index (χ3n) is 2.89. The monoisotopic (exact) mass is 229 g/mol. The van der Waals surface area contributed by atoms with E-state index in [1.54, 1.807) is 12.1 Å². The Morgan fingerprint density at radius 3 is 2.12 bits per heavy atom. The van der Waals surface area contributed by atoms with Crippen molar-refractivity contribution in [2.24, 2.45) is 0 Å². The number of benzene rings is 2. The molecule has 0 amide bonds. The van der Waals surface area contributed by atoms with E-state index in [2.05, 4.69) is 19.9 Å². The van der Waals surface area contributed by atoms with Crippen molar-refractivity contribution < 1.29 is 4.39 Å². The summed E-state index contributed by atoms with van der Waals surface area (Å²) in [4.78, 5) is 0. The molecule has 0 aliphatic heterocycles. The summed E-state index contributed by atoms with van der Waals surface area (Å²) in [6.45, 7) is 4.22. The number of hydrogen-bond acceptors (Lipinski definition) is 1. The molecule has 0 unspecified atom stereocenters. The minimum absolute atomic E-state index is 0.215. The van der Waals surface area contributed by atoms with Crippen molar-refractivity contribution in [2.75, 3.05) is 5.73 Å². The van der Waals surface area contributed by atoms with Gasteiger partial charge in [0.1, 0.15) is 5.82 Å². The molecular weight excluding hydrogens is 213 g/mol. The van der Waals surface area contributed by atoms with Crippen LogP contribution in [0.1, 0.15) is 25.3 Å². The van der Waals surface area contributed by atoms with Crippen LogP contribution in [0.3, 0.4) is 0 Å². The van der Waals surface area contributed by atoms with Crippen LogP contribution in [0.5, 0.6) is 0 Å². The van der Waals surface area contributed by atoms with Crippen molar-refractivity contribution in [3.05, 3.63) is 53.8 Å². The maximum Gasteiger partial charge on any atom is 0.123 e. The fourth-order valence-electron chi connectivity index (χ4n) is 1.90. The molecule has 2 heteroatoms. The number of halogens is 1. The van der Waals surface area contributed by atoms with Gasteiger partial charge in [-0.05, 0) is 46.9 Å². The van der Waals surface area contributed by atoms with Crippen molar-refractivity contribution in [3.8, 4) is 11.1 Å². The van der Waals surface area contributed by atoms with Crippen molar-refractivity contribution >= 4 is 5.69 Å². The first-order chi connectivity index (χ1) is 8.08. The third-order valence-corrected chi connectivity index (χ3v) is 2.89. The smallest absolute Gasteiger partial charge is 0.123 e. The first-order valence-corrected chi connectivity index (χ1v) is 5.73. The number of nitrogen functional groups attached to an aromatic ring is 1. The Kier molecular flexibility index (Phi) is 3.14. The van der Waals surface area contributed by atoms with E-state index in [-0.39, 0.29) is 5.82 Å². The molecule has 2 aromatic rings. The van der Waals surface area contributed by atoms with Crippen LogP contribution in [0.15, 0.2) is 42.5 Å². The molecule has 0 fully saturated rings. The highest BCUT2D eigenvalue weighted by Gasteiger charge is 2.06. The van der Waals surface area contributed by atoms with Gasteiger partial charge in [0.15, 0.2) is 0 Å². The molecule has 0 saturated heterocycles. The first-order valence-electron chi connectivity index (χ1n) is 5.73. The topological polar surface area (TPSA) is 26.0 Å². The Labute approximate surface area is 101 Å². The largest absolute Gasteiger partial charge is 0.398 e. The molecule has 0 aliphatic rings. The van der Waals surface area contributed by atoms with Gasteiger partial charge < -0.3 is 5.73 Å². The molecule has 2 aromatic carbocycles. The molecule has 0 radical (unpaired) electrons. The average molecular weight is 229 g/mol. The van der Waals surface area contributed by atoms with E-state index in [0.717, 1.165) is 22.4 Å². The fourth-order valence-corrected chi connectivity index (χ4v) is 1.90. The molecule has 2 rings (SSSR count). The van der Waals surface area contributed by atoms with Crippen LogP contribution in [-0.2, 0) is 0 Å². The molecule has 0 spiro atoms. The summed E-state index contributed by atoms with van der Waals surface area (Å²) in [6, 6.07) is 12.5. The number of hydrogen-bond donors (Lipinski definition) is 1. The van der Waals surface area contributed by atoms with E-state index in [1.807, 2.05) is 12.1 Å². The molecule has 0 heterocycles. The van der Waals surface area contributed by atoms with E-state index in [4.69, 9.17) is 5.73 Å². The summed E-state index contributed by atoms with van der Waals surface area (Å²) >= 11 is 0. The van der Waals surface area contributed by atoms with Gasteiger partial charge >= 0.3 is 0 Å². The normalized spacial score (nSPS) is 10.8.